The van der Waals surface area contributed by atoms with E-state index in [1.807, 2.05) is 0 Å². The third-order valence-electron chi connectivity index (χ3n) is 2.79. The van der Waals surface area contributed by atoms with Crippen LogP contribution in [0.2, 0.25) is 0 Å². The molecule has 18 heavy (non-hydrogen) atoms. The van der Waals surface area contributed by atoms with Crippen LogP contribution in [0, 0.1) is 0 Å². The number of hydrogen-bond acceptors (Lipinski definition) is 1. The molecule has 0 atom stereocenters. The zero-order valence-corrected chi connectivity index (χ0v) is 12.6. The lowest BCUT2D eigenvalue weighted by atomic mass is 10.2. The van der Waals surface area contributed by atoms with Crippen LogP contribution in [0.1, 0.15) is 53.4 Å². The summed E-state index contributed by atoms with van der Waals surface area (Å²) in [5, 5.41) is 0. The molecular formula is C12H37NO5. The standard InChI is InChI=1S/C12H28N.5H2O/c1-5-9-13(10-6-2,11-7-3)12-8-4;;;;;/h5-12H2,1-4H3;5*1H2/q+1;;;;;/p-1. The maximum absolute atomic E-state index is 2.31. The van der Waals surface area contributed by atoms with Crippen LogP contribution >= 0.6 is 0 Å². The van der Waals surface area contributed by atoms with Crippen LogP contribution in [0.25, 0.3) is 0 Å². The number of hydrogen-bond donors (Lipinski definition) is 0. The summed E-state index contributed by atoms with van der Waals surface area (Å²) in [7, 11) is 0. The third-order valence-corrected chi connectivity index (χ3v) is 2.79. The fourth-order valence-corrected chi connectivity index (χ4v) is 2.57. The molecule has 0 aliphatic carbocycles. The molecule has 0 bridgehead atoms. The summed E-state index contributed by atoms with van der Waals surface area (Å²) in [4.78, 5) is 0. The van der Waals surface area contributed by atoms with E-state index in [1.54, 1.807) is 0 Å². The molecule has 0 aromatic carbocycles. The Kier molecular flexibility index (Phi) is 44.1. The summed E-state index contributed by atoms with van der Waals surface area (Å²) in [6.07, 6.45) is 5.33. The molecule has 0 heterocycles. The Morgan fingerprint density at radius 1 is 0.500 bits per heavy atom. The van der Waals surface area contributed by atoms with Crippen molar-refractivity contribution in [3.05, 3.63) is 0 Å². The Balaban J connectivity index is -0.0000000720. The number of nitrogens with zero attached hydrogens (tertiary/aromatic N) is 1. The fourth-order valence-electron chi connectivity index (χ4n) is 2.57. The second kappa shape index (κ2) is 22.0. The van der Waals surface area contributed by atoms with Crippen molar-refractivity contribution in [2.75, 3.05) is 26.2 Å². The molecule has 0 aromatic rings. The molecule has 0 amide bonds. The third kappa shape index (κ3) is 13.8. The maximum Gasteiger partial charge on any atom is 0.0783 e. The van der Waals surface area contributed by atoms with Gasteiger partial charge in [-0.05, 0) is 25.7 Å². The Hall–Kier alpha value is -0.240. The first-order valence-corrected chi connectivity index (χ1v) is 6.09. The highest BCUT2D eigenvalue weighted by Gasteiger charge is 2.22. The van der Waals surface area contributed by atoms with Crippen LogP contribution < -0.4 is 0 Å². The van der Waals surface area contributed by atoms with Gasteiger partial charge in [0.25, 0.3) is 0 Å². The van der Waals surface area contributed by atoms with E-state index in [1.165, 1.54) is 56.3 Å². The summed E-state index contributed by atoms with van der Waals surface area (Å²) >= 11 is 0. The highest BCUT2D eigenvalue weighted by atomic mass is 16.0. The van der Waals surface area contributed by atoms with Gasteiger partial charge in [0.15, 0.2) is 0 Å². The van der Waals surface area contributed by atoms with Crippen molar-refractivity contribution in [1.82, 2.24) is 0 Å². The number of rotatable bonds is 8. The molecule has 0 aromatic heterocycles. The van der Waals surface area contributed by atoms with Crippen LogP contribution in [0.15, 0.2) is 0 Å². The Bertz CT molecular complexity index is 95.5. The molecule has 0 saturated carbocycles. The fraction of sp³-hybridized carbons (Fsp3) is 1.00. The topological polar surface area (TPSA) is 156 Å². The average molecular weight is 275 g/mol. The zero-order valence-electron chi connectivity index (χ0n) is 12.6. The van der Waals surface area contributed by atoms with Gasteiger partial charge in [-0.3, -0.25) is 0 Å². The first-order valence-electron chi connectivity index (χ1n) is 6.09. The van der Waals surface area contributed by atoms with Gasteiger partial charge in [-0.15, -0.1) is 0 Å². The van der Waals surface area contributed by atoms with Crippen molar-refractivity contribution in [2.24, 2.45) is 0 Å². The van der Waals surface area contributed by atoms with E-state index in [0.29, 0.717) is 0 Å². The van der Waals surface area contributed by atoms with Crippen molar-refractivity contribution in [3.63, 3.8) is 0 Å². The van der Waals surface area contributed by atoms with Gasteiger partial charge < -0.3 is 31.9 Å². The molecule has 0 unspecified atom stereocenters. The lowest BCUT2D eigenvalue weighted by Crippen LogP contribution is -2.50. The molecule has 6 heteroatoms. The van der Waals surface area contributed by atoms with Gasteiger partial charge in [0.2, 0.25) is 0 Å². The summed E-state index contributed by atoms with van der Waals surface area (Å²) in [6.45, 7) is 14.8. The first-order chi connectivity index (χ1) is 6.24. The Morgan fingerprint density at radius 3 is 0.778 bits per heavy atom. The van der Waals surface area contributed by atoms with Gasteiger partial charge in [-0.25, -0.2) is 0 Å². The average Bonchev–Trinajstić information content (AvgIpc) is 2.06. The second-order valence-corrected chi connectivity index (χ2v) is 4.24. The van der Waals surface area contributed by atoms with Gasteiger partial charge >= 0.3 is 0 Å². The molecule has 0 radical (unpaired) electrons. The van der Waals surface area contributed by atoms with Crippen molar-refractivity contribution >= 4 is 0 Å². The Labute approximate surface area is 112 Å². The molecule has 120 valence electrons. The summed E-state index contributed by atoms with van der Waals surface area (Å²) in [5.74, 6) is 0. The van der Waals surface area contributed by atoms with E-state index >= 15 is 0 Å². The lowest BCUT2D eigenvalue weighted by molar-refractivity contribution is -0.928. The summed E-state index contributed by atoms with van der Waals surface area (Å²) in [5.41, 5.74) is 0. The molecule has 0 aliphatic heterocycles. The predicted octanol–water partition coefficient (Wildman–Crippen LogP) is -0.0324. The van der Waals surface area contributed by atoms with Crippen LogP contribution in [0.4, 0.5) is 0 Å². The normalized spacial score (nSPS) is 8.67. The van der Waals surface area contributed by atoms with Crippen LogP contribution in [-0.2, 0) is 0 Å². The monoisotopic (exact) mass is 275 g/mol. The first kappa shape index (κ1) is 36.1. The molecule has 9 N–H and O–H groups in total. The van der Waals surface area contributed by atoms with Crippen molar-refractivity contribution < 1.29 is 31.9 Å². The van der Waals surface area contributed by atoms with Gasteiger partial charge in [-0.1, -0.05) is 27.7 Å². The molecule has 0 fully saturated rings. The minimum absolute atomic E-state index is 0. The Morgan fingerprint density at radius 2 is 0.667 bits per heavy atom. The van der Waals surface area contributed by atoms with E-state index in [2.05, 4.69) is 27.7 Å². The quantitative estimate of drug-likeness (QED) is 0.560. The number of quaternary nitrogens is 1. The smallest absolute Gasteiger partial charge is 0.0783 e. The van der Waals surface area contributed by atoms with E-state index in [9.17, 15) is 0 Å². The largest absolute Gasteiger partial charge is 0.870 e. The molecule has 0 saturated heterocycles. The molecule has 6 nitrogen and oxygen atoms in total. The zero-order chi connectivity index (χ0) is 10.2. The molecule has 0 aliphatic rings. The van der Waals surface area contributed by atoms with E-state index in [-0.39, 0.29) is 27.4 Å². The van der Waals surface area contributed by atoms with Crippen LogP contribution in [0.3, 0.4) is 0 Å². The SMILES string of the molecule is CCC[N+](CCC)(CCC)CCC.O.O.O.O.[OH-]. The van der Waals surface area contributed by atoms with Gasteiger partial charge in [0.05, 0.1) is 26.2 Å². The molecular weight excluding hydrogens is 238 g/mol. The minimum atomic E-state index is 0. The highest BCUT2D eigenvalue weighted by Crippen LogP contribution is 2.12. The highest BCUT2D eigenvalue weighted by molar-refractivity contribution is 4.43. The van der Waals surface area contributed by atoms with Gasteiger partial charge in [0.1, 0.15) is 0 Å². The predicted molar refractivity (Wildman–Crippen MR) is 77.3 cm³/mol. The lowest BCUT2D eigenvalue weighted by Gasteiger charge is -2.38. The molecule has 0 rings (SSSR count). The van der Waals surface area contributed by atoms with E-state index in [0.717, 1.165) is 0 Å². The van der Waals surface area contributed by atoms with Gasteiger partial charge in [0, 0.05) is 0 Å². The molecule has 0 spiro atoms. The maximum atomic E-state index is 2.31. The minimum Gasteiger partial charge on any atom is -0.870 e. The summed E-state index contributed by atoms with van der Waals surface area (Å²) < 4.78 is 1.38. The second-order valence-electron chi connectivity index (χ2n) is 4.24. The van der Waals surface area contributed by atoms with Crippen LogP contribution in [0.5, 0.6) is 0 Å². The van der Waals surface area contributed by atoms with E-state index < -0.39 is 0 Å². The van der Waals surface area contributed by atoms with Crippen molar-refractivity contribution in [3.8, 4) is 0 Å². The van der Waals surface area contributed by atoms with Crippen molar-refractivity contribution in [2.45, 2.75) is 53.4 Å². The van der Waals surface area contributed by atoms with Crippen LogP contribution in [-0.4, -0.2) is 58.0 Å². The van der Waals surface area contributed by atoms with Gasteiger partial charge in [-0.2, -0.15) is 0 Å². The summed E-state index contributed by atoms with van der Waals surface area (Å²) in [6, 6.07) is 0. The van der Waals surface area contributed by atoms with Crippen molar-refractivity contribution in [1.29, 1.82) is 0 Å². The van der Waals surface area contributed by atoms with E-state index in [4.69, 9.17) is 0 Å².